The second kappa shape index (κ2) is 7.62. The number of likely N-dealkylation sites (tertiary alicyclic amines) is 1. The molecule has 0 saturated carbocycles. The maximum Gasteiger partial charge on any atom is 0.264 e. The number of ether oxygens (including phenoxy) is 3. The second-order valence-electron chi connectivity index (χ2n) is 7.11. The van der Waals surface area contributed by atoms with Gasteiger partial charge < -0.3 is 19.5 Å². The summed E-state index contributed by atoms with van der Waals surface area (Å²) in [5, 5.41) is 3.05. The van der Waals surface area contributed by atoms with Crippen molar-refractivity contribution in [3.63, 3.8) is 0 Å². The van der Waals surface area contributed by atoms with Gasteiger partial charge in [0.2, 0.25) is 6.10 Å². The van der Waals surface area contributed by atoms with Crippen molar-refractivity contribution in [3.05, 3.63) is 24.3 Å². The van der Waals surface area contributed by atoms with Crippen molar-refractivity contribution >= 4 is 5.91 Å². The molecule has 6 heteroatoms. The molecule has 3 heterocycles. The summed E-state index contributed by atoms with van der Waals surface area (Å²) < 4.78 is 16.9. The fraction of sp³-hybridized carbons (Fsp3) is 0.632. The smallest absolute Gasteiger partial charge is 0.264 e. The number of amides is 1. The Hall–Kier alpha value is -1.79. The van der Waals surface area contributed by atoms with E-state index in [1.165, 1.54) is 0 Å². The number of nitrogens with one attached hydrogen (secondary N) is 1. The van der Waals surface area contributed by atoms with Crippen LogP contribution < -0.4 is 14.8 Å². The van der Waals surface area contributed by atoms with E-state index in [2.05, 4.69) is 10.2 Å². The van der Waals surface area contributed by atoms with Gasteiger partial charge in [-0.25, -0.2) is 0 Å². The summed E-state index contributed by atoms with van der Waals surface area (Å²) in [7, 11) is 0. The van der Waals surface area contributed by atoms with Gasteiger partial charge in [0.15, 0.2) is 11.5 Å². The average molecular weight is 346 g/mol. The molecule has 6 nitrogen and oxygen atoms in total. The summed E-state index contributed by atoms with van der Waals surface area (Å²) in [5.74, 6) is 1.80. The van der Waals surface area contributed by atoms with Gasteiger partial charge >= 0.3 is 0 Å². The van der Waals surface area contributed by atoms with Crippen LogP contribution in [0.25, 0.3) is 0 Å². The molecule has 1 aromatic carbocycles. The van der Waals surface area contributed by atoms with Crippen molar-refractivity contribution < 1.29 is 19.0 Å². The Morgan fingerprint density at radius 3 is 2.68 bits per heavy atom. The first-order valence-electron chi connectivity index (χ1n) is 9.27. The predicted octanol–water partition coefficient (Wildman–Crippen LogP) is 1.44. The SMILES string of the molecule is O=C(NCC1CCN([C@@H]2CCOC2)CC1)[C@@H]1COc2ccccc2O1. The summed E-state index contributed by atoms with van der Waals surface area (Å²) >= 11 is 0. The van der Waals surface area contributed by atoms with Gasteiger partial charge in [-0.2, -0.15) is 0 Å². The largest absolute Gasteiger partial charge is 0.485 e. The van der Waals surface area contributed by atoms with Crippen molar-refractivity contribution in [1.82, 2.24) is 10.2 Å². The number of hydrogen-bond donors (Lipinski definition) is 1. The maximum absolute atomic E-state index is 12.4. The van der Waals surface area contributed by atoms with Crippen molar-refractivity contribution in [2.45, 2.75) is 31.4 Å². The standard InChI is InChI=1S/C19H26N2O4/c22-19(18-13-24-16-3-1-2-4-17(16)25-18)20-11-14-5-8-21(9-6-14)15-7-10-23-12-15/h1-4,14-15,18H,5-13H2,(H,20,22)/t15-,18+/m1/s1. The Labute approximate surface area is 148 Å². The summed E-state index contributed by atoms with van der Waals surface area (Å²) in [5.41, 5.74) is 0. The number of piperidine rings is 1. The number of fused-ring (bicyclic) bond motifs is 1. The number of benzene rings is 1. The first-order valence-corrected chi connectivity index (χ1v) is 9.27. The first-order chi connectivity index (χ1) is 12.3. The number of hydrogen-bond acceptors (Lipinski definition) is 5. The topological polar surface area (TPSA) is 60.0 Å². The van der Waals surface area contributed by atoms with Gasteiger partial charge in [0, 0.05) is 19.2 Å². The fourth-order valence-electron chi connectivity index (χ4n) is 3.84. The highest BCUT2D eigenvalue weighted by atomic mass is 16.6. The molecule has 1 N–H and O–H groups in total. The Morgan fingerprint density at radius 1 is 1.12 bits per heavy atom. The van der Waals surface area contributed by atoms with Crippen LogP contribution in [-0.4, -0.2) is 62.4 Å². The highest BCUT2D eigenvalue weighted by Gasteiger charge is 2.30. The molecule has 2 atom stereocenters. The minimum absolute atomic E-state index is 0.0823. The van der Waals surface area contributed by atoms with Crippen molar-refractivity contribution in [3.8, 4) is 11.5 Å². The Kier molecular flexibility index (Phi) is 5.08. The van der Waals surface area contributed by atoms with E-state index in [0.29, 0.717) is 23.5 Å². The molecule has 1 aromatic rings. The van der Waals surface area contributed by atoms with Gasteiger partial charge in [-0.15, -0.1) is 0 Å². The highest BCUT2D eigenvalue weighted by Crippen LogP contribution is 2.31. The fourth-order valence-corrected chi connectivity index (χ4v) is 3.84. The molecule has 0 aromatic heterocycles. The lowest BCUT2D eigenvalue weighted by Crippen LogP contribution is -2.47. The van der Waals surface area contributed by atoms with E-state index < -0.39 is 6.10 Å². The van der Waals surface area contributed by atoms with Crippen LogP contribution in [0.4, 0.5) is 0 Å². The van der Waals surface area contributed by atoms with Crippen LogP contribution in [0.1, 0.15) is 19.3 Å². The van der Waals surface area contributed by atoms with E-state index in [1.807, 2.05) is 24.3 Å². The molecule has 2 fully saturated rings. The van der Waals surface area contributed by atoms with Crippen molar-refractivity contribution in [1.29, 1.82) is 0 Å². The third-order valence-electron chi connectivity index (χ3n) is 5.44. The Balaban J connectivity index is 1.21. The van der Waals surface area contributed by atoms with E-state index in [0.717, 1.165) is 52.1 Å². The minimum atomic E-state index is -0.564. The van der Waals surface area contributed by atoms with E-state index >= 15 is 0 Å². The maximum atomic E-state index is 12.4. The van der Waals surface area contributed by atoms with Gasteiger partial charge in [0.25, 0.3) is 5.91 Å². The molecule has 0 radical (unpaired) electrons. The van der Waals surface area contributed by atoms with Crippen LogP contribution in [0.5, 0.6) is 11.5 Å². The summed E-state index contributed by atoms with van der Waals surface area (Å²) in [4.78, 5) is 14.9. The Bertz CT molecular complexity index is 595. The lowest BCUT2D eigenvalue weighted by Gasteiger charge is -2.35. The molecule has 0 aliphatic carbocycles. The molecule has 0 spiro atoms. The third-order valence-corrected chi connectivity index (χ3v) is 5.44. The van der Waals surface area contributed by atoms with Crippen LogP contribution in [0, 0.1) is 5.92 Å². The van der Waals surface area contributed by atoms with E-state index in [9.17, 15) is 4.79 Å². The van der Waals surface area contributed by atoms with E-state index in [1.54, 1.807) is 0 Å². The minimum Gasteiger partial charge on any atom is -0.485 e. The molecule has 4 rings (SSSR count). The molecular formula is C19H26N2O4. The molecule has 3 aliphatic heterocycles. The van der Waals surface area contributed by atoms with Gasteiger partial charge in [-0.1, -0.05) is 12.1 Å². The lowest BCUT2D eigenvalue weighted by atomic mass is 9.95. The molecule has 25 heavy (non-hydrogen) atoms. The lowest BCUT2D eigenvalue weighted by molar-refractivity contribution is -0.130. The molecule has 2 saturated heterocycles. The molecule has 1 amide bonds. The summed E-state index contributed by atoms with van der Waals surface area (Å²) in [6.45, 7) is 4.96. The van der Waals surface area contributed by atoms with Crippen LogP contribution in [0.15, 0.2) is 24.3 Å². The number of para-hydroxylation sites is 2. The Morgan fingerprint density at radius 2 is 1.92 bits per heavy atom. The van der Waals surface area contributed by atoms with Gasteiger partial charge in [0.1, 0.15) is 6.61 Å². The molecule has 136 valence electrons. The summed E-state index contributed by atoms with van der Waals surface area (Å²) in [6, 6.07) is 8.06. The highest BCUT2D eigenvalue weighted by molar-refractivity contribution is 5.81. The second-order valence-corrected chi connectivity index (χ2v) is 7.11. The number of carbonyl (C=O) groups excluding carboxylic acids is 1. The van der Waals surface area contributed by atoms with E-state index in [4.69, 9.17) is 14.2 Å². The van der Waals surface area contributed by atoms with Crippen molar-refractivity contribution in [2.75, 3.05) is 39.5 Å². The monoisotopic (exact) mass is 346 g/mol. The number of nitrogens with zero attached hydrogens (tertiary/aromatic N) is 1. The quantitative estimate of drug-likeness (QED) is 0.894. The van der Waals surface area contributed by atoms with Gasteiger partial charge in [-0.05, 0) is 50.4 Å². The molecule has 0 unspecified atom stereocenters. The zero-order valence-electron chi connectivity index (χ0n) is 14.5. The zero-order valence-corrected chi connectivity index (χ0v) is 14.5. The van der Waals surface area contributed by atoms with Crippen LogP contribution in [0.2, 0.25) is 0 Å². The van der Waals surface area contributed by atoms with Gasteiger partial charge in [-0.3, -0.25) is 9.69 Å². The first kappa shape index (κ1) is 16.7. The molecule has 0 bridgehead atoms. The van der Waals surface area contributed by atoms with E-state index in [-0.39, 0.29) is 12.5 Å². The predicted molar refractivity (Wildman–Crippen MR) is 92.9 cm³/mol. The number of rotatable bonds is 4. The van der Waals surface area contributed by atoms with Gasteiger partial charge in [0.05, 0.1) is 6.61 Å². The summed E-state index contributed by atoms with van der Waals surface area (Å²) in [6.07, 6.45) is 2.84. The normalized spacial score (nSPS) is 27.2. The zero-order chi connectivity index (χ0) is 17.1. The molecule has 3 aliphatic rings. The third kappa shape index (κ3) is 3.90. The van der Waals surface area contributed by atoms with Crippen molar-refractivity contribution in [2.24, 2.45) is 5.92 Å². The van der Waals surface area contributed by atoms with Crippen LogP contribution >= 0.6 is 0 Å². The molecular weight excluding hydrogens is 320 g/mol. The number of carbonyl (C=O) groups is 1. The average Bonchev–Trinajstić information content (AvgIpc) is 3.21. The van der Waals surface area contributed by atoms with Crippen LogP contribution in [0.3, 0.4) is 0 Å². The van der Waals surface area contributed by atoms with Crippen LogP contribution in [-0.2, 0) is 9.53 Å².